The maximum Gasteiger partial charge on any atom is 0.265 e. The molecule has 0 spiro atoms. The van der Waals surface area contributed by atoms with E-state index < -0.39 is 0 Å². The van der Waals surface area contributed by atoms with Gasteiger partial charge in [-0.1, -0.05) is 11.3 Å². The molecule has 1 aliphatic heterocycles. The number of nitrogens with one attached hydrogen (secondary N) is 1. The summed E-state index contributed by atoms with van der Waals surface area (Å²) in [6.07, 6.45) is 0. The number of rotatable bonds is 6. The zero-order valence-electron chi connectivity index (χ0n) is 14.7. The SMILES string of the molecule is COCc1nnc(NC(=O)CN2C(=O)COc3ccc(-c4cscn4)cc32)s1. The highest BCUT2D eigenvalue weighted by Crippen LogP contribution is 2.36. The zero-order valence-corrected chi connectivity index (χ0v) is 16.4. The third-order valence-electron chi connectivity index (χ3n) is 3.91. The molecule has 0 unspecified atom stereocenters. The van der Waals surface area contributed by atoms with Gasteiger partial charge in [-0.05, 0) is 18.2 Å². The average molecular weight is 417 g/mol. The summed E-state index contributed by atoms with van der Waals surface area (Å²) in [5.41, 5.74) is 3.92. The predicted molar refractivity (Wildman–Crippen MR) is 105 cm³/mol. The molecular weight excluding hydrogens is 402 g/mol. The number of ether oxygens (including phenoxy) is 2. The molecule has 11 heteroatoms. The van der Waals surface area contributed by atoms with Gasteiger partial charge in [-0.2, -0.15) is 0 Å². The van der Waals surface area contributed by atoms with Crippen LogP contribution in [0.2, 0.25) is 0 Å². The quantitative estimate of drug-likeness (QED) is 0.655. The van der Waals surface area contributed by atoms with Crippen LogP contribution in [0.5, 0.6) is 5.75 Å². The van der Waals surface area contributed by atoms with Crippen molar-refractivity contribution in [2.45, 2.75) is 6.61 Å². The third kappa shape index (κ3) is 3.86. The highest BCUT2D eigenvalue weighted by Gasteiger charge is 2.28. The standard InChI is InChI=1S/C17H15N5O4S2/c1-25-6-15-20-21-17(28-15)19-14(23)5-22-12-4-10(11-8-27-9-18-11)2-3-13(12)26-7-16(22)24/h2-4,8-9H,5-7H2,1H3,(H,19,21,23). The Bertz CT molecular complexity index is 1000. The van der Waals surface area contributed by atoms with E-state index in [2.05, 4.69) is 20.5 Å². The Morgan fingerprint density at radius 1 is 1.39 bits per heavy atom. The van der Waals surface area contributed by atoms with E-state index in [0.717, 1.165) is 11.3 Å². The zero-order chi connectivity index (χ0) is 19.5. The summed E-state index contributed by atoms with van der Waals surface area (Å²) in [4.78, 5) is 30.6. The van der Waals surface area contributed by atoms with E-state index in [0.29, 0.717) is 28.2 Å². The van der Waals surface area contributed by atoms with Crippen LogP contribution in [0.1, 0.15) is 5.01 Å². The molecule has 0 saturated heterocycles. The number of anilines is 2. The maximum atomic E-state index is 12.5. The molecule has 0 saturated carbocycles. The second-order valence-corrected chi connectivity index (χ2v) is 7.59. The number of hydrogen-bond donors (Lipinski definition) is 1. The topological polar surface area (TPSA) is 107 Å². The first-order chi connectivity index (χ1) is 13.6. The van der Waals surface area contributed by atoms with Gasteiger partial charge in [0.15, 0.2) is 6.61 Å². The lowest BCUT2D eigenvalue weighted by molar-refractivity contribution is -0.123. The number of thiazole rings is 1. The van der Waals surface area contributed by atoms with Crippen LogP contribution in [0.4, 0.5) is 10.8 Å². The van der Waals surface area contributed by atoms with Crippen LogP contribution < -0.4 is 15.0 Å². The van der Waals surface area contributed by atoms with E-state index in [4.69, 9.17) is 9.47 Å². The van der Waals surface area contributed by atoms with Crippen LogP contribution in [0.3, 0.4) is 0 Å². The van der Waals surface area contributed by atoms with Gasteiger partial charge in [-0.25, -0.2) is 4.98 Å². The van der Waals surface area contributed by atoms with Crippen molar-refractivity contribution < 1.29 is 19.1 Å². The van der Waals surface area contributed by atoms with Gasteiger partial charge in [-0.3, -0.25) is 19.8 Å². The summed E-state index contributed by atoms with van der Waals surface area (Å²) < 4.78 is 10.5. The maximum absolute atomic E-state index is 12.5. The Balaban J connectivity index is 1.53. The van der Waals surface area contributed by atoms with Crippen molar-refractivity contribution in [2.24, 2.45) is 0 Å². The molecule has 0 bridgehead atoms. The lowest BCUT2D eigenvalue weighted by Crippen LogP contribution is -2.43. The number of nitrogens with zero attached hydrogens (tertiary/aromatic N) is 4. The lowest BCUT2D eigenvalue weighted by Gasteiger charge is -2.29. The minimum atomic E-state index is -0.375. The molecule has 9 nitrogen and oxygen atoms in total. The van der Waals surface area contributed by atoms with E-state index in [9.17, 15) is 9.59 Å². The molecule has 0 radical (unpaired) electrons. The van der Waals surface area contributed by atoms with Crippen LogP contribution in [-0.4, -0.2) is 47.3 Å². The third-order valence-corrected chi connectivity index (χ3v) is 5.31. The van der Waals surface area contributed by atoms with Crippen molar-refractivity contribution in [1.82, 2.24) is 15.2 Å². The minimum Gasteiger partial charge on any atom is -0.482 e. The van der Waals surface area contributed by atoms with E-state index in [-0.39, 0.29) is 25.0 Å². The molecule has 1 N–H and O–H groups in total. The van der Waals surface area contributed by atoms with Gasteiger partial charge in [0, 0.05) is 18.1 Å². The summed E-state index contributed by atoms with van der Waals surface area (Å²) in [5, 5.41) is 13.4. The Morgan fingerprint density at radius 3 is 3.07 bits per heavy atom. The second kappa shape index (κ2) is 8.00. The van der Waals surface area contributed by atoms with Crippen LogP contribution in [0, 0.1) is 0 Å². The number of hydrogen-bond acceptors (Lipinski definition) is 9. The van der Waals surface area contributed by atoms with Crippen molar-refractivity contribution in [3.63, 3.8) is 0 Å². The van der Waals surface area contributed by atoms with Gasteiger partial charge in [-0.15, -0.1) is 21.5 Å². The van der Waals surface area contributed by atoms with Gasteiger partial charge in [0.1, 0.15) is 23.9 Å². The van der Waals surface area contributed by atoms with Gasteiger partial charge in [0.25, 0.3) is 5.91 Å². The second-order valence-electron chi connectivity index (χ2n) is 5.81. The van der Waals surface area contributed by atoms with E-state index in [1.54, 1.807) is 24.8 Å². The summed E-state index contributed by atoms with van der Waals surface area (Å²) in [7, 11) is 1.56. The molecule has 0 fully saturated rings. The average Bonchev–Trinajstić information content (AvgIpc) is 3.36. The molecule has 2 amide bonds. The molecule has 1 aromatic carbocycles. The normalized spacial score (nSPS) is 13.2. The first kappa shape index (κ1) is 18.5. The van der Waals surface area contributed by atoms with Gasteiger partial charge in [0.2, 0.25) is 11.0 Å². The first-order valence-corrected chi connectivity index (χ1v) is 9.97. The van der Waals surface area contributed by atoms with Crippen molar-refractivity contribution >= 4 is 45.3 Å². The fraction of sp³-hybridized carbons (Fsp3) is 0.235. The number of amides is 2. The smallest absolute Gasteiger partial charge is 0.265 e. The minimum absolute atomic E-state index is 0.118. The first-order valence-electron chi connectivity index (χ1n) is 8.21. The van der Waals surface area contributed by atoms with Gasteiger partial charge < -0.3 is 9.47 Å². The number of benzene rings is 1. The number of carbonyl (C=O) groups is 2. The van der Waals surface area contributed by atoms with Crippen LogP contribution in [-0.2, 0) is 20.9 Å². The Morgan fingerprint density at radius 2 is 2.29 bits per heavy atom. The Hall–Kier alpha value is -2.89. The largest absolute Gasteiger partial charge is 0.482 e. The fourth-order valence-electron chi connectivity index (χ4n) is 2.68. The highest BCUT2D eigenvalue weighted by molar-refractivity contribution is 7.15. The summed E-state index contributed by atoms with van der Waals surface area (Å²) in [6, 6.07) is 5.46. The highest BCUT2D eigenvalue weighted by atomic mass is 32.1. The van der Waals surface area contributed by atoms with Crippen molar-refractivity contribution in [3.05, 3.63) is 34.1 Å². The number of carbonyl (C=O) groups excluding carboxylic acids is 2. The molecule has 144 valence electrons. The van der Waals surface area contributed by atoms with Crippen LogP contribution in [0.15, 0.2) is 29.1 Å². The molecule has 0 atom stereocenters. The lowest BCUT2D eigenvalue weighted by atomic mass is 10.1. The summed E-state index contributed by atoms with van der Waals surface area (Å²) >= 11 is 2.70. The molecular formula is C17H15N5O4S2. The molecule has 3 aromatic rings. The van der Waals surface area contributed by atoms with E-state index in [1.807, 2.05) is 11.4 Å². The van der Waals surface area contributed by atoms with Crippen molar-refractivity contribution in [1.29, 1.82) is 0 Å². The number of methoxy groups -OCH3 is 1. The van der Waals surface area contributed by atoms with Gasteiger partial charge in [0.05, 0.1) is 16.9 Å². The number of aromatic nitrogens is 3. The number of fused-ring (bicyclic) bond motifs is 1. The van der Waals surface area contributed by atoms with Crippen molar-refractivity contribution in [3.8, 4) is 17.0 Å². The molecule has 0 aliphatic carbocycles. The Labute approximate surface area is 167 Å². The monoisotopic (exact) mass is 417 g/mol. The molecule has 3 heterocycles. The molecule has 4 rings (SSSR count). The molecule has 2 aromatic heterocycles. The summed E-state index contributed by atoms with van der Waals surface area (Å²) in [6.45, 7) is 0.0459. The van der Waals surface area contributed by atoms with E-state index >= 15 is 0 Å². The Kier molecular flexibility index (Phi) is 5.28. The fourth-order valence-corrected chi connectivity index (χ4v) is 3.97. The summed E-state index contributed by atoms with van der Waals surface area (Å²) in [5.74, 6) is -0.125. The van der Waals surface area contributed by atoms with Gasteiger partial charge >= 0.3 is 0 Å². The molecule has 28 heavy (non-hydrogen) atoms. The van der Waals surface area contributed by atoms with Crippen LogP contribution in [0.25, 0.3) is 11.3 Å². The van der Waals surface area contributed by atoms with E-state index in [1.165, 1.54) is 27.6 Å². The van der Waals surface area contributed by atoms with Crippen LogP contribution >= 0.6 is 22.7 Å². The molecule has 1 aliphatic rings. The van der Waals surface area contributed by atoms with Crippen molar-refractivity contribution in [2.75, 3.05) is 30.5 Å². The predicted octanol–water partition coefficient (Wildman–Crippen LogP) is 2.17.